The number of aliphatic hydroxyl groups excluding tert-OH is 1. The fourth-order valence-corrected chi connectivity index (χ4v) is 3.11. The van der Waals surface area contributed by atoms with Crippen molar-refractivity contribution in [1.82, 2.24) is 0 Å². The van der Waals surface area contributed by atoms with Crippen molar-refractivity contribution in [1.29, 1.82) is 0 Å². The van der Waals surface area contributed by atoms with E-state index < -0.39 is 6.10 Å². The number of hydrogen-bond donors (Lipinski definition) is 2. The van der Waals surface area contributed by atoms with Crippen LogP contribution in [0.3, 0.4) is 0 Å². The highest BCUT2D eigenvalue weighted by Gasteiger charge is 2.24. The number of halogens is 1. The van der Waals surface area contributed by atoms with Gasteiger partial charge in [-0.2, -0.15) is 0 Å². The van der Waals surface area contributed by atoms with Crippen LogP contribution in [0, 0.1) is 6.92 Å². The first-order valence-electron chi connectivity index (χ1n) is 7.48. The van der Waals surface area contributed by atoms with Gasteiger partial charge in [0.05, 0.1) is 12.6 Å². The second-order valence-electron chi connectivity index (χ2n) is 5.88. The molecular formula is C16H25ClNO2+. The topological polar surface area (TPSA) is 33.9 Å². The Balaban J connectivity index is 1.81. The Kier molecular flexibility index (Phi) is 5.70. The second kappa shape index (κ2) is 7.30. The smallest absolute Gasteiger partial charge is 0.137 e. The van der Waals surface area contributed by atoms with Crippen LogP contribution in [0.5, 0.6) is 5.75 Å². The van der Waals surface area contributed by atoms with Crippen LogP contribution in [-0.4, -0.2) is 36.9 Å². The predicted molar refractivity (Wildman–Crippen MR) is 81.7 cm³/mol. The Morgan fingerprint density at radius 2 is 2.25 bits per heavy atom. The van der Waals surface area contributed by atoms with E-state index in [1.807, 2.05) is 25.1 Å². The number of ether oxygens (including phenoxy) is 1. The molecule has 1 aliphatic rings. The third kappa shape index (κ3) is 4.37. The summed E-state index contributed by atoms with van der Waals surface area (Å²) < 4.78 is 5.71. The Morgan fingerprint density at radius 1 is 1.45 bits per heavy atom. The predicted octanol–water partition coefficient (Wildman–Crippen LogP) is 1.85. The van der Waals surface area contributed by atoms with Crippen molar-refractivity contribution in [2.45, 2.75) is 45.3 Å². The van der Waals surface area contributed by atoms with Gasteiger partial charge in [0, 0.05) is 5.02 Å². The van der Waals surface area contributed by atoms with Gasteiger partial charge < -0.3 is 14.7 Å². The molecule has 1 aliphatic heterocycles. The van der Waals surface area contributed by atoms with E-state index in [0.717, 1.165) is 24.4 Å². The second-order valence-corrected chi connectivity index (χ2v) is 6.32. The molecular weight excluding hydrogens is 274 g/mol. The van der Waals surface area contributed by atoms with E-state index in [2.05, 4.69) is 6.92 Å². The van der Waals surface area contributed by atoms with Crippen LogP contribution in [0.4, 0.5) is 0 Å². The summed E-state index contributed by atoms with van der Waals surface area (Å²) in [5.74, 6) is 0.801. The van der Waals surface area contributed by atoms with E-state index in [1.54, 1.807) is 0 Å². The third-order valence-corrected chi connectivity index (χ3v) is 4.38. The molecule has 0 amide bonds. The molecule has 2 N–H and O–H groups in total. The van der Waals surface area contributed by atoms with Gasteiger partial charge in [-0.25, -0.2) is 0 Å². The van der Waals surface area contributed by atoms with E-state index in [9.17, 15) is 5.11 Å². The summed E-state index contributed by atoms with van der Waals surface area (Å²) in [6, 6.07) is 6.20. The highest BCUT2D eigenvalue weighted by atomic mass is 35.5. The average Bonchev–Trinajstić information content (AvgIpc) is 2.40. The lowest BCUT2D eigenvalue weighted by Crippen LogP contribution is -3.17. The molecule has 0 aromatic heterocycles. The van der Waals surface area contributed by atoms with E-state index in [-0.39, 0.29) is 0 Å². The monoisotopic (exact) mass is 298 g/mol. The highest BCUT2D eigenvalue weighted by Crippen LogP contribution is 2.21. The minimum absolute atomic E-state index is 0.346. The molecule has 0 aliphatic carbocycles. The Hall–Kier alpha value is -0.770. The van der Waals surface area contributed by atoms with Crippen molar-refractivity contribution in [3.8, 4) is 5.75 Å². The standard InChI is InChI=1S/C16H24ClNO2/c1-12-9-14(17)6-7-16(12)20-11-15(19)10-18-8-4-3-5-13(18)2/h6-7,9,13,15,19H,3-5,8,10-11H2,1-2H3/p+1/t13-,15-/m0/s1. The lowest BCUT2D eigenvalue weighted by Gasteiger charge is -2.31. The Morgan fingerprint density at radius 3 is 2.95 bits per heavy atom. The number of rotatable bonds is 5. The van der Waals surface area contributed by atoms with Crippen molar-refractivity contribution in [2.75, 3.05) is 19.7 Å². The third-order valence-electron chi connectivity index (χ3n) is 4.15. The molecule has 4 heteroatoms. The molecule has 0 saturated carbocycles. The Labute approximate surface area is 126 Å². The SMILES string of the molecule is Cc1cc(Cl)ccc1OC[C@@H](O)C[NH+]1CCCC[C@@H]1C. The van der Waals surface area contributed by atoms with Gasteiger partial charge in [-0.05, 0) is 56.9 Å². The zero-order valence-corrected chi connectivity index (χ0v) is 13.1. The van der Waals surface area contributed by atoms with Crippen LogP contribution in [0.2, 0.25) is 5.02 Å². The number of piperidine rings is 1. The van der Waals surface area contributed by atoms with Gasteiger partial charge in [0.1, 0.15) is 25.0 Å². The van der Waals surface area contributed by atoms with Crippen molar-refractivity contribution in [3.63, 3.8) is 0 Å². The molecule has 0 spiro atoms. The molecule has 3 nitrogen and oxygen atoms in total. The number of nitrogens with one attached hydrogen (secondary N) is 1. The van der Waals surface area contributed by atoms with Crippen molar-refractivity contribution in [2.24, 2.45) is 0 Å². The Bertz CT molecular complexity index is 438. The summed E-state index contributed by atoms with van der Waals surface area (Å²) in [6.07, 6.45) is 3.44. The van der Waals surface area contributed by atoms with Gasteiger partial charge in [-0.3, -0.25) is 0 Å². The first-order chi connectivity index (χ1) is 9.56. The van der Waals surface area contributed by atoms with Crippen LogP contribution in [-0.2, 0) is 0 Å². The maximum Gasteiger partial charge on any atom is 0.137 e. The molecule has 0 radical (unpaired) electrons. The van der Waals surface area contributed by atoms with Crippen LogP contribution >= 0.6 is 11.6 Å². The van der Waals surface area contributed by atoms with E-state index in [1.165, 1.54) is 24.2 Å². The normalized spacial score (nSPS) is 24.4. The molecule has 1 aromatic carbocycles. The molecule has 0 bridgehead atoms. The first kappa shape index (κ1) is 15.6. The van der Waals surface area contributed by atoms with Crippen LogP contribution in [0.1, 0.15) is 31.7 Å². The molecule has 2 rings (SSSR count). The summed E-state index contributed by atoms with van der Waals surface area (Å²) in [6.45, 7) is 6.52. The maximum absolute atomic E-state index is 10.2. The first-order valence-corrected chi connectivity index (χ1v) is 7.85. The molecule has 1 saturated heterocycles. The van der Waals surface area contributed by atoms with Crippen LogP contribution in [0.15, 0.2) is 18.2 Å². The number of quaternary nitrogens is 1. The highest BCUT2D eigenvalue weighted by molar-refractivity contribution is 6.30. The summed E-state index contributed by atoms with van der Waals surface area (Å²) >= 11 is 5.92. The van der Waals surface area contributed by atoms with Crippen molar-refractivity contribution < 1.29 is 14.7 Å². The minimum atomic E-state index is -0.416. The van der Waals surface area contributed by atoms with Gasteiger partial charge in [-0.1, -0.05) is 11.6 Å². The van der Waals surface area contributed by atoms with Crippen molar-refractivity contribution >= 4 is 11.6 Å². The fraction of sp³-hybridized carbons (Fsp3) is 0.625. The number of benzene rings is 1. The molecule has 1 fully saturated rings. The van der Waals surface area contributed by atoms with E-state index >= 15 is 0 Å². The summed E-state index contributed by atoms with van der Waals surface area (Å²) in [4.78, 5) is 1.50. The average molecular weight is 299 g/mol. The molecule has 1 unspecified atom stereocenters. The summed E-state index contributed by atoms with van der Waals surface area (Å²) in [7, 11) is 0. The van der Waals surface area contributed by atoms with Gasteiger partial charge in [0.25, 0.3) is 0 Å². The van der Waals surface area contributed by atoms with Crippen molar-refractivity contribution in [3.05, 3.63) is 28.8 Å². The zero-order chi connectivity index (χ0) is 14.5. The quantitative estimate of drug-likeness (QED) is 0.870. The van der Waals surface area contributed by atoms with Crippen LogP contribution < -0.4 is 9.64 Å². The number of hydrogen-bond acceptors (Lipinski definition) is 2. The van der Waals surface area contributed by atoms with Crippen LogP contribution in [0.25, 0.3) is 0 Å². The van der Waals surface area contributed by atoms with Gasteiger partial charge in [0.15, 0.2) is 0 Å². The lowest BCUT2D eigenvalue weighted by molar-refractivity contribution is -0.931. The number of aryl methyl sites for hydroxylation is 1. The number of likely N-dealkylation sites (tertiary alicyclic amines) is 1. The minimum Gasteiger partial charge on any atom is -0.490 e. The number of aliphatic hydroxyl groups is 1. The lowest BCUT2D eigenvalue weighted by atomic mass is 10.0. The van der Waals surface area contributed by atoms with E-state index in [4.69, 9.17) is 16.3 Å². The zero-order valence-electron chi connectivity index (χ0n) is 12.4. The summed E-state index contributed by atoms with van der Waals surface area (Å²) in [5.41, 5.74) is 1.00. The van der Waals surface area contributed by atoms with Gasteiger partial charge in [0.2, 0.25) is 0 Å². The maximum atomic E-state index is 10.2. The molecule has 20 heavy (non-hydrogen) atoms. The molecule has 1 aromatic rings. The van der Waals surface area contributed by atoms with Gasteiger partial charge >= 0.3 is 0 Å². The molecule has 1 heterocycles. The van der Waals surface area contributed by atoms with Gasteiger partial charge in [-0.15, -0.1) is 0 Å². The molecule has 112 valence electrons. The molecule has 3 atom stereocenters. The fourth-order valence-electron chi connectivity index (χ4n) is 2.88. The largest absolute Gasteiger partial charge is 0.490 e. The summed E-state index contributed by atoms with van der Waals surface area (Å²) in [5, 5.41) is 10.9. The van der Waals surface area contributed by atoms with E-state index in [0.29, 0.717) is 17.7 Å².